The van der Waals surface area contributed by atoms with Crippen LogP contribution < -0.4 is 11.1 Å². The van der Waals surface area contributed by atoms with Gasteiger partial charge in [-0.2, -0.15) is 0 Å². The van der Waals surface area contributed by atoms with Gasteiger partial charge in [0, 0.05) is 23.8 Å². The summed E-state index contributed by atoms with van der Waals surface area (Å²) in [4.78, 5) is 8.58. The van der Waals surface area contributed by atoms with Gasteiger partial charge in [-0.1, -0.05) is 32.6 Å². The Bertz CT molecular complexity index is 367. The van der Waals surface area contributed by atoms with Crippen molar-refractivity contribution in [3.63, 3.8) is 0 Å². The monoisotopic (exact) mass is 248 g/mol. The Morgan fingerprint density at radius 3 is 2.94 bits per heavy atom. The third-order valence-electron chi connectivity index (χ3n) is 3.63. The first-order valence-electron chi connectivity index (χ1n) is 7.12. The van der Waals surface area contributed by atoms with E-state index in [9.17, 15) is 0 Å². The highest BCUT2D eigenvalue weighted by molar-refractivity contribution is 5.36. The van der Waals surface area contributed by atoms with E-state index in [2.05, 4.69) is 28.3 Å². The molecule has 0 amide bonds. The van der Waals surface area contributed by atoms with E-state index < -0.39 is 0 Å². The van der Waals surface area contributed by atoms with Gasteiger partial charge in [-0.25, -0.2) is 9.97 Å². The molecule has 1 heterocycles. The molecule has 1 saturated carbocycles. The Morgan fingerprint density at radius 1 is 1.28 bits per heavy atom. The minimum Gasteiger partial charge on any atom is -0.366 e. The fourth-order valence-electron chi connectivity index (χ4n) is 2.57. The predicted octanol–water partition coefficient (Wildman–Crippen LogP) is 2.50. The van der Waals surface area contributed by atoms with Crippen LogP contribution in [-0.4, -0.2) is 22.1 Å². The molecule has 4 nitrogen and oxygen atoms in total. The van der Waals surface area contributed by atoms with E-state index >= 15 is 0 Å². The third-order valence-corrected chi connectivity index (χ3v) is 3.63. The Morgan fingerprint density at radius 2 is 2.11 bits per heavy atom. The van der Waals surface area contributed by atoms with Crippen LogP contribution in [0.25, 0.3) is 0 Å². The van der Waals surface area contributed by atoms with Crippen LogP contribution in [-0.2, 0) is 6.42 Å². The molecular formula is C14H24N4. The van der Waals surface area contributed by atoms with Crippen molar-refractivity contribution >= 4 is 5.82 Å². The zero-order valence-electron chi connectivity index (χ0n) is 11.2. The maximum Gasteiger partial charge on any atom is 0.129 e. The van der Waals surface area contributed by atoms with Crippen molar-refractivity contribution in [2.24, 2.45) is 5.73 Å². The van der Waals surface area contributed by atoms with Crippen molar-refractivity contribution < 1.29 is 0 Å². The van der Waals surface area contributed by atoms with E-state index in [0.717, 1.165) is 37.2 Å². The fourth-order valence-corrected chi connectivity index (χ4v) is 2.57. The number of aromatic nitrogens is 2. The smallest absolute Gasteiger partial charge is 0.129 e. The first-order chi connectivity index (χ1) is 8.79. The quantitative estimate of drug-likeness (QED) is 0.804. The topological polar surface area (TPSA) is 63.8 Å². The van der Waals surface area contributed by atoms with Crippen LogP contribution in [0.2, 0.25) is 0 Å². The highest BCUT2D eigenvalue weighted by atomic mass is 15.1. The molecule has 3 N–H and O–H groups in total. The SMILES string of the molecule is CCCc1cc(NC2CCCCCC2N)ncn1. The summed E-state index contributed by atoms with van der Waals surface area (Å²) in [5.74, 6) is 0.927. The summed E-state index contributed by atoms with van der Waals surface area (Å²) in [5, 5.41) is 3.49. The third kappa shape index (κ3) is 3.67. The lowest BCUT2D eigenvalue weighted by Gasteiger charge is -2.23. The Kier molecular flexibility index (Phi) is 4.93. The van der Waals surface area contributed by atoms with E-state index in [0.29, 0.717) is 6.04 Å². The Balaban J connectivity index is 2.00. The molecule has 100 valence electrons. The Hall–Kier alpha value is -1.16. The van der Waals surface area contributed by atoms with Gasteiger partial charge in [0.05, 0.1) is 0 Å². The number of hydrogen-bond acceptors (Lipinski definition) is 4. The summed E-state index contributed by atoms with van der Waals surface area (Å²) in [6.07, 6.45) is 9.85. The molecule has 2 unspecified atom stereocenters. The first kappa shape index (κ1) is 13.3. The van der Waals surface area contributed by atoms with Gasteiger partial charge < -0.3 is 11.1 Å². The van der Waals surface area contributed by atoms with Crippen molar-refractivity contribution in [1.82, 2.24) is 9.97 Å². The second-order valence-electron chi connectivity index (χ2n) is 5.20. The van der Waals surface area contributed by atoms with E-state index in [1.807, 2.05) is 0 Å². The molecule has 0 spiro atoms. The van der Waals surface area contributed by atoms with Crippen molar-refractivity contribution in [3.05, 3.63) is 18.1 Å². The highest BCUT2D eigenvalue weighted by Crippen LogP contribution is 2.20. The van der Waals surface area contributed by atoms with Gasteiger partial charge in [0.15, 0.2) is 0 Å². The van der Waals surface area contributed by atoms with Crippen molar-refractivity contribution in [2.75, 3.05) is 5.32 Å². The number of hydrogen-bond donors (Lipinski definition) is 2. The van der Waals surface area contributed by atoms with Gasteiger partial charge in [0.1, 0.15) is 12.1 Å². The number of nitrogens with zero attached hydrogens (tertiary/aromatic N) is 2. The van der Waals surface area contributed by atoms with Crippen LogP contribution in [0.3, 0.4) is 0 Å². The lowest BCUT2D eigenvalue weighted by Crippen LogP contribution is -2.39. The van der Waals surface area contributed by atoms with Gasteiger partial charge in [-0.15, -0.1) is 0 Å². The summed E-state index contributed by atoms with van der Waals surface area (Å²) >= 11 is 0. The minimum atomic E-state index is 0.247. The van der Waals surface area contributed by atoms with Crippen molar-refractivity contribution in [3.8, 4) is 0 Å². The van der Waals surface area contributed by atoms with Crippen LogP contribution in [0.1, 0.15) is 51.1 Å². The minimum absolute atomic E-state index is 0.247. The number of anilines is 1. The van der Waals surface area contributed by atoms with Crippen LogP contribution in [0.5, 0.6) is 0 Å². The van der Waals surface area contributed by atoms with Crippen LogP contribution in [0.15, 0.2) is 12.4 Å². The summed E-state index contributed by atoms with van der Waals surface area (Å²) in [7, 11) is 0. The molecule has 18 heavy (non-hydrogen) atoms. The van der Waals surface area contributed by atoms with Gasteiger partial charge in [-0.05, 0) is 19.3 Å². The average Bonchev–Trinajstić information content (AvgIpc) is 2.56. The van der Waals surface area contributed by atoms with Crippen LogP contribution in [0, 0.1) is 0 Å². The summed E-state index contributed by atoms with van der Waals surface area (Å²) < 4.78 is 0. The van der Waals surface area contributed by atoms with E-state index in [4.69, 9.17) is 5.73 Å². The molecule has 0 aromatic carbocycles. The molecule has 0 radical (unpaired) electrons. The summed E-state index contributed by atoms with van der Waals surface area (Å²) in [6, 6.07) is 2.66. The number of rotatable bonds is 4. The predicted molar refractivity (Wildman–Crippen MR) is 74.5 cm³/mol. The maximum absolute atomic E-state index is 6.22. The van der Waals surface area contributed by atoms with Gasteiger partial charge in [0.2, 0.25) is 0 Å². The number of aryl methyl sites for hydroxylation is 1. The first-order valence-corrected chi connectivity index (χ1v) is 7.12. The molecule has 0 bridgehead atoms. The molecule has 1 aromatic rings. The number of nitrogens with two attached hydrogens (primary N) is 1. The highest BCUT2D eigenvalue weighted by Gasteiger charge is 2.20. The lowest BCUT2D eigenvalue weighted by molar-refractivity contribution is 0.527. The molecule has 0 aliphatic heterocycles. The van der Waals surface area contributed by atoms with E-state index in [1.165, 1.54) is 19.3 Å². The Labute approximate surface area is 109 Å². The summed E-state index contributed by atoms with van der Waals surface area (Å²) in [5.41, 5.74) is 7.33. The van der Waals surface area contributed by atoms with Crippen molar-refractivity contribution in [2.45, 2.75) is 64.0 Å². The molecule has 1 fully saturated rings. The molecular weight excluding hydrogens is 224 g/mol. The maximum atomic E-state index is 6.22. The molecule has 2 rings (SSSR count). The van der Waals surface area contributed by atoms with Crippen LogP contribution >= 0.6 is 0 Å². The fraction of sp³-hybridized carbons (Fsp3) is 0.714. The second-order valence-corrected chi connectivity index (χ2v) is 5.20. The standard InChI is InChI=1S/C14H24N4/c1-2-6-11-9-14(17-10-16-11)18-13-8-5-3-4-7-12(13)15/h9-10,12-13H,2-8,15H2,1H3,(H,16,17,18). The summed E-state index contributed by atoms with van der Waals surface area (Å²) in [6.45, 7) is 2.16. The molecule has 4 heteroatoms. The van der Waals surface area contributed by atoms with Crippen molar-refractivity contribution in [1.29, 1.82) is 0 Å². The van der Waals surface area contributed by atoms with Gasteiger partial charge >= 0.3 is 0 Å². The second kappa shape index (κ2) is 6.69. The average molecular weight is 248 g/mol. The van der Waals surface area contributed by atoms with Crippen LogP contribution in [0.4, 0.5) is 5.82 Å². The molecule has 0 saturated heterocycles. The molecule has 1 aliphatic rings. The zero-order chi connectivity index (χ0) is 12.8. The molecule has 1 aliphatic carbocycles. The number of nitrogens with one attached hydrogen (secondary N) is 1. The molecule has 1 aromatic heterocycles. The molecule has 2 atom stereocenters. The largest absolute Gasteiger partial charge is 0.366 e. The van der Waals surface area contributed by atoms with Gasteiger partial charge in [-0.3, -0.25) is 0 Å². The lowest BCUT2D eigenvalue weighted by atomic mass is 10.0. The zero-order valence-corrected chi connectivity index (χ0v) is 11.2. The van der Waals surface area contributed by atoms with E-state index in [1.54, 1.807) is 6.33 Å². The normalized spacial score (nSPS) is 24.6. The van der Waals surface area contributed by atoms with E-state index in [-0.39, 0.29) is 6.04 Å². The van der Waals surface area contributed by atoms with Gasteiger partial charge in [0.25, 0.3) is 0 Å².